The van der Waals surface area contributed by atoms with Gasteiger partial charge >= 0.3 is 0 Å². The Morgan fingerprint density at radius 1 is 1.14 bits per heavy atom. The maximum absolute atomic E-state index is 11.8. The standard InChI is InChI=1S/C14H10Br2N2O2S/c1-21(19,20)12-4-2-3-11-13(12)18-14(17-11)9-6-5-8(15)7-10(9)16/h2-7H,1H3,(H,17,18). The number of imidazole rings is 1. The molecule has 1 N–H and O–H groups in total. The van der Waals surface area contributed by atoms with E-state index in [-0.39, 0.29) is 4.90 Å². The van der Waals surface area contributed by atoms with Crippen LogP contribution in [0.3, 0.4) is 0 Å². The molecule has 0 atom stereocenters. The molecule has 0 unspecified atom stereocenters. The van der Waals surface area contributed by atoms with Crippen molar-refractivity contribution in [2.75, 3.05) is 6.26 Å². The Balaban J connectivity index is 2.27. The molecule has 0 aliphatic rings. The van der Waals surface area contributed by atoms with Crippen LogP contribution in [0.15, 0.2) is 50.2 Å². The van der Waals surface area contributed by atoms with Crippen molar-refractivity contribution in [1.82, 2.24) is 9.97 Å². The summed E-state index contributed by atoms with van der Waals surface area (Å²) in [5.41, 5.74) is 2.03. The Bertz CT molecular complexity index is 949. The van der Waals surface area contributed by atoms with Crippen LogP contribution in [0.2, 0.25) is 0 Å². The molecule has 0 aliphatic heterocycles. The fraction of sp³-hybridized carbons (Fsp3) is 0.0714. The van der Waals surface area contributed by atoms with Crippen molar-refractivity contribution in [3.63, 3.8) is 0 Å². The Morgan fingerprint density at radius 2 is 1.90 bits per heavy atom. The predicted molar refractivity (Wildman–Crippen MR) is 90.0 cm³/mol. The van der Waals surface area contributed by atoms with Crippen molar-refractivity contribution in [3.8, 4) is 11.4 Å². The van der Waals surface area contributed by atoms with E-state index in [0.717, 1.165) is 14.5 Å². The molecular formula is C14H10Br2N2O2S. The number of H-pyrrole nitrogens is 1. The summed E-state index contributed by atoms with van der Waals surface area (Å²) in [4.78, 5) is 7.86. The molecule has 0 saturated carbocycles. The van der Waals surface area contributed by atoms with Crippen molar-refractivity contribution < 1.29 is 8.42 Å². The highest BCUT2D eigenvalue weighted by Gasteiger charge is 2.16. The minimum absolute atomic E-state index is 0.232. The molecule has 0 amide bonds. The Labute approximate surface area is 138 Å². The SMILES string of the molecule is CS(=O)(=O)c1cccc2[nH]c(-c3ccc(Br)cc3Br)nc12. The predicted octanol–water partition coefficient (Wildman–Crippen LogP) is 4.16. The van der Waals surface area contributed by atoms with E-state index in [9.17, 15) is 8.42 Å². The van der Waals surface area contributed by atoms with Crippen LogP contribution in [0.25, 0.3) is 22.4 Å². The van der Waals surface area contributed by atoms with Gasteiger partial charge in [0.1, 0.15) is 11.3 Å². The average Bonchev–Trinajstić information content (AvgIpc) is 2.80. The van der Waals surface area contributed by atoms with Gasteiger partial charge in [0.15, 0.2) is 9.84 Å². The number of hydrogen-bond acceptors (Lipinski definition) is 3. The Kier molecular flexibility index (Phi) is 3.67. The van der Waals surface area contributed by atoms with E-state index in [1.807, 2.05) is 24.3 Å². The molecule has 4 nitrogen and oxygen atoms in total. The van der Waals surface area contributed by atoms with Crippen LogP contribution in [-0.2, 0) is 9.84 Å². The van der Waals surface area contributed by atoms with Crippen molar-refractivity contribution in [3.05, 3.63) is 45.3 Å². The number of halogens is 2. The second-order valence-electron chi connectivity index (χ2n) is 4.63. The number of rotatable bonds is 2. The van der Waals surface area contributed by atoms with Gasteiger partial charge in [-0.15, -0.1) is 0 Å². The van der Waals surface area contributed by atoms with Gasteiger partial charge < -0.3 is 4.98 Å². The van der Waals surface area contributed by atoms with Crippen LogP contribution in [0.4, 0.5) is 0 Å². The molecule has 3 rings (SSSR count). The second-order valence-corrected chi connectivity index (χ2v) is 8.39. The van der Waals surface area contributed by atoms with Gasteiger partial charge in [-0.2, -0.15) is 0 Å². The lowest BCUT2D eigenvalue weighted by Gasteiger charge is -2.01. The number of para-hydroxylation sites is 1. The highest BCUT2D eigenvalue weighted by Crippen LogP contribution is 2.31. The van der Waals surface area contributed by atoms with E-state index in [1.165, 1.54) is 6.26 Å². The fourth-order valence-corrected chi connectivity index (χ4v) is 4.18. The number of nitrogens with zero attached hydrogens (tertiary/aromatic N) is 1. The molecule has 0 saturated heterocycles. The minimum Gasteiger partial charge on any atom is -0.338 e. The monoisotopic (exact) mass is 428 g/mol. The third-order valence-corrected chi connectivity index (χ3v) is 5.34. The highest BCUT2D eigenvalue weighted by molar-refractivity contribution is 9.11. The number of hydrogen-bond donors (Lipinski definition) is 1. The topological polar surface area (TPSA) is 62.8 Å². The first kappa shape index (κ1) is 14.7. The number of aromatic amines is 1. The number of nitrogens with one attached hydrogen (secondary N) is 1. The van der Waals surface area contributed by atoms with Crippen LogP contribution in [0.1, 0.15) is 0 Å². The largest absolute Gasteiger partial charge is 0.338 e. The first-order valence-corrected chi connectivity index (χ1v) is 9.48. The van der Waals surface area contributed by atoms with E-state index >= 15 is 0 Å². The van der Waals surface area contributed by atoms with Gasteiger partial charge in [0.05, 0.1) is 10.4 Å². The van der Waals surface area contributed by atoms with Gasteiger partial charge in [0.2, 0.25) is 0 Å². The molecule has 0 aliphatic carbocycles. The maximum atomic E-state index is 11.8. The molecule has 0 spiro atoms. The van der Waals surface area contributed by atoms with E-state index in [1.54, 1.807) is 12.1 Å². The third kappa shape index (κ3) is 2.77. The van der Waals surface area contributed by atoms with E-state index in [2.05, 4.69) is 41.8 Å². The van der Waals surface area contributed by atoms with E-state index in [0.29, 0.717) is 16.9 Å². The van der Waals surface area contributed by atoms with Crippen molar-refractivity contribution >= 4 is 52.7 Å². The molecule has 2 aromatic carbocycles. The first-order valence-electron chi connectivity index (χ1n) is 6.00. The van der Waals surface area contributed by atoms with Crippen molar-refractivity contribution in [1.29, 1.82) is 0 Å². The van der Waals surface area contributed by atoms with E-state index < -0.39 is 9.84 Å². The zero-order chi connectivity index (χ0) is 15.2. The third-order valence-electron chi connectivity index (χ3n) is 3.06. The molecule has 0 fully saturated rings. The molecule has 21 heavy (non-hydrogen) atoms. The number of fused-ring (bicyclic) bond motifs is 1. The summed E-state index contributed by atoms with van der Waals surface area (Å²) in [5.74, 6) is 0.625. The van der Waals surface area contributed by atoms with Gasteiger partial charge in [-0.25, -0.2) is 13.4 Å². The van der Waals surface area contributed by atoms with Crippen molar-refractivity contribution in [2.45, 2.75) is 4.90 Å². The average molecular weight is 430 g/mol. The van der Waals surface area contributed by atoms with Crippen molar-refractivity contribution in [2.24, 2.45) is 0 Å². The Hall–Kier alpha value is -1.18. The normalized spacial score (nSPS) is 12.0. The van der Waals surface area contributed by atoms with E-state index in [4.69, 9.17) is 0 Å². The molecular weight excluding hydrogens is 420 g/mol. The maximum Gasteiger partial charge on any atom is 0.177 e. The number of benzene rings is 2. The van der Waals surface area contributed by atoms with Gasteiger partial charge in [0.25, 0.3) is 0 Å². The molecule has 108 valence electrons. The zero-order valence-electron chi connectivity index (χ0n) is 10.9. The first-order chi connectivity index (χ1) is 9.86. The summed E-state index contributed by atoms with van der Waals surface area (Å²) in [5, 5.41) is 0. The molecule has 1 heterocycles. The van der Waals surface area contributed by atoms with Crippen LogP contribution >= 0.6 is 31.9 Å². The Morgan fingerprint density at radius 3 is 2.57 bits per heavy atom. The molecule has 0 radical (unpaired) electrons. The van der Waals surface area contributed by atoms with Gasteiger partial charge in [-0.05, 0) is 46.3 Å². The minimum atomic E-state index is -3.32. The summed E-state index contributed by atoms with van der Waals surface area (Å²) >= 11 is 6.89. The zero-order valence-corrected chi connectivity index (χ0v) is 14.9. The summed E-state index contributed by atoms with van der Waals surface area (Å²) in [6, 6.07) is 10.8. The lowest BCUT2D eigenvalue weighted by atomic mass is 10.2. The van der Waals surface area contributed by atoms with Crippen LogP contribution < -0.4 is 0 Å². The van der Waals surface area contributed by atoms with Gasteiger partial charge in [-0.3, -0.25) is 0 Å². The summed E-state index contributed by atoms with van der Waals surface area (Å²) in [6.45, 7) is 0. The van der Waals surface area contributed by atoms with Crippen LogP contribution in [0, 0.1) is 0 Å². The molecule has 0 bridgehead atoms. The summed E-state index contributed by atoms with van der Waals surface area (Å²) in [7, 11) is -3.32. The summed E-state index contributed by atoms with van der Waals surface area (Å²) < 4.78 is 25.5. The van der Waals surface area contributed by atoms with Crippen LogP contribution in [0.5, 0.6) is 0 Å². The molecule has 1 aromatic heterocycles. The number of sulfone groups is 1. The van der Waals surface area contributed by atoms with Gasteiger partial charge in [0, 0.05) is 20.8 Å². The summed E-state index contributed by atoms with van der Waals surface area (Å²) in [6.07, 6.45) is 1.19. The number of aromatic nitrogens is 2. The fourth-order valence-electron chi connectivity index (χ4n) is 2.11. The smallest absolute Gasteiger partial charge is 0.177 e. The molecule has 7 heteroatoms. The van der Waals surface area contributed by atoms with Crippen LogP contribution in [-0.4, -0.2) is 24.6 Å². The lowest BCUT2D eigenvalue weighted by Crippen LogP contribution is -1.97. The second kappa shape index (κ2) is 5.23. The molecule has 3 aromatic rings. The van der Waals surface area contributed by atoms with Gasteiger partial charge in [-0.1, -0.05) is 22.0 Å². The quantitative estimate of drug-likeness (QED) is 0.665. The highest BCUT2D eigenvalue weighted by atomic mass is 79.9. The lowest BCUT2D eigenvalue weighted by molar-refractivity contribution is 0.602.